The number of benzene rings is 1. The van der Waals surface area contributed by atoms with Gasteiger partial charge < -0.3 is 10.2 Å². The molecule has 1 saturated heterocycles. The number of likely N-dealkylation sites (N-methyl/N-ethyl adjacent to an activating group) is 1. The van der Waals surface area contributed by atoms with Crippen LogP contribution >= 0.6 is 0 Å². The second-order valence-corrected chi connectivity index (χ2v) is 6.38. The minimum absolute atomic E-state index is 0.447. The van der Waals surface area contributed by atoms with E-state index in [0.717, 1.165) is 56.0 Å². The van der Waals surface area contributed by atoms with Crippen LogP contribution in [0.25, 0.3) is 10.9 Å². The fourth-order valence-electron chi connectivity index (χ4n) is 3.26. The Morgan fingerprint density at radius 1 is 1.25 bits per heavy atom. The Hall–Kier alpha value is -2.16. The highest BCUT2D eigenvalue weighted by Crippen LogP contribution is 2.20. The maximum atomic E-state index is 9.37. The summed E-state index contributed by atoms with van der Waals surface area (Å²) in [6.45, 7) is 11.0. The minimum atomic E-state index is 0.447. The summed E-state index contributed by atoms with van der Waals surface area (Å²) in [5, 5.41) is 13.7. The summed E-state index contributed by atoms with van der Waals surface area (Å²) in [6, 6.07) is 12.4. The molecule has 2 heterocycles. The molecule has 5 nitrogen and oxygen atoms in total. The van der Waals surface area contributed by atoms with Gasteiger partial charge in [-0.05, 0) is 25.6 Å². The first-order chi connectivity index (χ1) is 11.7. The predicted octanol–water partition coefficient (Wildman–Crippen LogP) is 2.54. The summed E-state index contributed by atoms with van der Waals surface area (Å²) < 4.78 is 0. The second kappa shape index (κ2) is 7.61. The van der Waals surface area contributed by atoms with Crippen LogP contribution in [0.1, 0.15) is 19.4 Å². The molecule has 0 amide bonds. The van der Waals surface area contributed by atoms with Gasteiger partial charge in [0.2, 0.25) is 0 Å². The van der Waals surface area contributed by atoms with E-state index >= 15 is 0 Å². The fraction of sp³-hybridized carbons (Fsp3) is 0.474. The molecule has 24 heavy (non-hydrogen) atoms. The van der Waals surface area contributed by atoms with Crippen molar-refractivity contribution in [1.82, 2.24) is 14.8 Å². The summed E-state index contributed by atoms with van der Waals surface area (Å²) in [7, 11) is 0. The zero-order valence-corrected chi connectivity index (χ0v) is 14.5. The van der Waals surface area contributed by atoms with Crippen LogP contribution in [-0.4, -0.2) is 60.1 Å². The van der Waals surface area contributed by atoms with Crippen molar-refractivity contribution in [2.45, 2.75) is 19.9 Å². The van der Waals surface area contributed by atoms with Gasteiger partial charge in [-0.15, -0.1) is 0 Å². The van der Waals surface area contributed by atoms with Gasteiger partial charge in [0.1, 0.15) is 5.82 Å². The lowest BCUT2D eigenvalue weighted by Crippen LogP contribution is -2.51. The quantitative estimate of drug-likeness (QED) is 0.916. The molecule has 0 spiro atoms. The molecule has 1 aromatic carbocycles. The number of nitrogens with one attached hydrogen (secondary N) is 1. The molecular formula is C19H25N5. The van der Waals surface area contributed by atoms with E-state index in [1.54, 1.807) is 0 Å². The highest BCUT2D eigenvalue weighted by Gasteiger charge is 2.20. The van der Waals surface area contributed by atoms with Crippen molar-refractivity contribution < 1.29 is 0 Å². The Kier molecular flexibility index (Phi) is 5.29. The molecular weight excluding hydrogens is 298 g/mol. The largest absolute Gasteiger partial charge is 0.368 e. The lowest BCUT2D eigenvalue weighted by Gasteiger charge is -2.37. The maximum Gasteiger partial charge on any atom is 0.128 e. The average molecular weight is 323 g/mol. The lowest BCUT2D eigenvalue weighted by molar-refractivity contribution is 0.110. The number of aromatic nitrogens is 1. The SMILES string of the molecule is CCN1CCN(C(C)CNc2cc(C#N)c3ccccc3n2)CC1. The van der Waals surface area contributed by atoms with Gasteiger partial charge in [-0.3, -0.25) is 4.90 Å². The Labute approximate surface area is 143 Å². The van der Waals surface area contributed by atoms with Crippen molar-refractivity contribution in [3.63, 3.8) is 0 Å². The first-order valence-corrected chi connectivity index (χ1v) is 8.71. The third-order valence-electron chi connectivity index (χ3n) is 4.89. The number of pyridine rings is 1. The number of nitriles is 1. The summed E-state index contributed by atoms with van der Waals surface area (Å²) in [4.78, 5) is 9.64. The zero-order valence-electron chi connectivity index (χ0n) is 14.5. The number of hydrogen-bond donors (Lipinski definition) is 1. The third-order valence-corrected chi connectivity index (χ3v) is 4.89. The van der Waals surface area contributed by atoms with E-state index in [1.807, 2.05) is 30.3 Å². The van der Waals surface area contributed by atoms with Crippen molar-refractivity contribution in [2.24, 2.45) is 0 Å². The number of para-hydroxylation sites is 1. The Bertz CT molecular complexity index is 728. The van der Waals surface area contributed by atoms with Crippen LogP contribution in [0.2, 0.25) is 0 Å². The molecule has 3 rings (SSSR count). The fourth-order valence-corrected chi connectivity index (χ4v) is 3.26. The monoisotopic (exact) mass is 323 g/mol. The van der Waals surface area contributed by atoms with Gasteiger partial charge >= 0.3 is 0 Å². The van der Waals surface area contributed by atoms with E-state index < -0.39 is 0 Å². The van der Waals surface area contributed by atoms with Gasteiger partial charge in [0.15, 0.2) is 0 Å². The van der Waals surface area contributed by atoms with E-state index in [4.69, 9.17) is 0 Å². The smallest absolute Gasteiger partial charge is 0.128 e. The van der Waals surface area contributed by atoms with E-state index in [9.17, 15) is 5.26 Å². The molecule has 1 N–H and O–H groups in total. The highest BCUT2D eigenvalue weighted by molar-refractivity contribution is 5.86. The molecule has 0 aliphatic carbocycles. The predicted molar refractivity (Wildman–Crippen MR) is 98.1 cm³/mol. The number of fused-ring (bicyclic) bond motifs is 1. The van der Waals surface area contributed by atoms with Crippen molar-refractivity contribution in [1.29, 1.82) is 5.26 Å². The van der Waals surface area contributed by atoms with E-state index in [2.05, 4.69) is 40.0 Å². The minimum Gasteiger partial charge on any atom is -0.368 e. The van der Waals surface area contributed by atoms with Gasteiger partial charge in [0.25, 0.3) is 0 Å². The molecule has 0 bridgehead atoms. The van der Waals surface area contributed by atoms with E-state index in [1.165, 1.54) is 0 Å². The molecule has 1 unspecified atom stereocenters. The van der Waals surface area contributed by atoms with Crippen LogP contribution in [0.4, 0.5) is 5.82 Å². The molecule has 126 valence electrons. The summed E-state index contributed by atoms with van der Waals surface area (Å²) in [5.41, 5.74) is 1.54. The van der Waals surface area contributed by atoms with Gasteiger partial charge in [0, 0.05) is 44.2 Å². The molecule has 0 radical (unpaired) electrons. The molecule has 5 heteroatoms. The first kappa shape index (κ1) is 16.7. The highest BCUT2D eigenvalue weighted by atomic mass is 15.3. The lowest BCUT2D eigenvalue weighted by atomic mass is 10.1. The summed E-state index contributed by atoms with van der Waals surface area (Å²) >= 11 is 0. The molecule has 0 saturated carbocycles. The van der Waals surface area contributed by atoms with Crippen molar-refractivity contribution in [3.05, 3.63) is 35.9 Å². The van der Waals surface area contributed by atoms with Crippen LogP contribution in [0.3, 0.4) is 0 Å². The first-order valence-electron chi connectivity index (χ1n) is 8.71. The molecule has 1 aliphatic heterocycles. The van der Waals surface area contributed by atoms with E-state index in [-0.39, 0.29) is 0 Å². The number of hydrogen-bond acceptors (Lipinski definition) is 5. The Morgan fingerprint density at radius 3 is 2.71 bits per heavy atom. The number of anilines is 1. The van der Waals surface area contributed by atoms with Gasteiger partial charge in [-0.2, -0.15) is 5.26 Å². The van der Waals surface area contributed by atoms with Crippen LogP contribution in [-0.2, 0) is 0 Å². The van der Waals surface area contributed by atoms with Crippen LogP contribution < -0.4 is 5.32 Å². The third kappa shape index (κ3) is 3.66. The average Bonchev–Trinajstić information content (AvgIpc) is 2.65. The van der Waals surface area contributed by atoms with Gasteiger partial charge in [0.05, 0.1) is 17.1 Å². The zero-order chi connectivity index (χ0) is 16.9. The number of rotatable bonds is 5. The molecule has 1 aromatic heterocycles. The second-order valence-electron chi connectivity index (χ2n) is 6.38. The molecule has 1 atom stereocenters. The standard InChI is InChI=1S/C19H25N5/c1-3-23-8-10-24(11-9-23)15(2)14-21-19-12-16(13-20)17-6-4-5-7-18(17)22-19/h4-7,12,15H,3,8-11,14H2,1-2H3,(H,21,22). The van der Waals surface area contributed by atoms with Crippen LogP contribution in [0.5, 0.6) is 0 Å². The molecule has 1 fully saturated rings. The summed E-state index contributed by atoms with van der Waals surface area (Å²) in [5.74, 6) is 0.782. The number of nitrogens with zero attached hydrogens (tertiary/aromatic N) is 4. The Balaban J connectivity index is 1.64. The molecule has 1 aliphatic rings. The topological polar surface area (TPSA) is 55.2 Å². The normalized spacial score (nSPS) is 17.5. The van der Waals surface area contributed by atoms with Crippen molar-refractivity contribution >= 4 is 16.7 Å². The Morgan fingerprint density at radius 2 is 2.00 bits per heavy atom. The number of piperazine rings is 1. The molecule has 2 aromatic rings. The summed E-state index contributed by atoms with van der Waals surface area (Å²) in [6.07, 6.45) is 0. The van der Waals surface area contributed by atoms with Crippen LogP contribution in [0.15, 0.2) is 30.3 Å². The van der Waals surface area contributed by atoms with E-state index in [0.29, 0.717) is 11.6 Å². The van der Waals surface area contributed by atoms with Crippen molar-refractivity contribution in [2.75, 3.05) is 44.6 Å². The van der Waals surface area contributed by atoms with Gasteiger partial charge in [-0.25, -0.2) is 4.98 Å². The van der Waals surface area contributed by atoms with Gasteiger partial charge in [-0.1, -0.05) is 25.1 Å². The van der Waals surface area contributed by atoms with Crippen LogP contribution in [0, 0.1) is 11.3 Å². The maximum absolute atomic E-state index is 9.37. The van der Waals surface area contributed by atoms with Crippen molar-refractivity contribution in [3.8, 4) is 6.07 Å².